The number of hydrogen-bond donors (Lipinski definition) is 0. The van der Waals surface area contributed by atoms with E-state index in [0.717, 1.165) is 6.54 Å². The third-order valence-electron chi connectivity index (χ3n) is 5.38. The largest absolute Gasteiger partial charge is 0.261 e. The zero-order valence-electron chi connectivity index (χ0n) is 17.1. The Labute approximate surface area is 161 Å². The van der Waals surface area contributed by atoms with Crippen LogP contribution in [0.25, 0.3) is 5.69 Å². The first-order chi connectivity index (χ1) is 12.9. The van der Waals surface area contributed by atoms with E-state index in [-0.39, 0.29) is 0 Å². The van der Waals surface area contributed by atoms with Crippen molar-refractivity contribution >= 4 is 0 Å². The van der Waals surface area contributed by atoms with Crippen LogP contribution in [0.15, 0.2) is 42.7 Å². The fraction of sp³-hybridized carbons (Fsp3) is 0.625. The van der Waals surface area contributed by atoms with Crippen molar-refractivity contribution in [3.63, 3.8) is 0 Å². The summed E-state index contributed by atoms with van der Waals surface area (Å²) >= 11 is 0. The van der Waals surface area contributed by atoms with E-state index in [1.165, 1.54) is 88.6 Å². The first-order valence-electron chi connectivity index (χ1n) is 11.0. The van der Waals surface area contributed by atoms with Crippen molar-refractivity contribution < 1.29 is 4.57 Å². The molecule has 144 valence electrons. The molecule has 0 unspecified atom stereocenters. The van der Waals surface area contributed by atoms with E-state index in [0.29, 0.717) is 0 Å². The van der Waals surface area contributed by atoms with E-state index in [9.17, 15) is 0 Å². The highest BCUT2D eigenvalue weighted by Gasteiger charge is 2.16. The number of unbranched alkanes of at least 4 members (excludes halogenated alkanes) is 10. The lowest BCUT2D eigenvalue weighted by molar-refractivity contribution is -0.700. The highest BCUT2D eigenvalue weighted by molar-refractivity contribution is 5.31. The van der Waals surface area contributed by atoms with Gasteiger partial charge < -0.3 is 0 Å². The molecule has 0 atom stereocenters. The molecule has 0 fully saturated rings. The van der Waals surface area contributed by atoms with Crippen LogP contribution in [0.5, 0.6) is 0 Å². The average Bonchev–Trinajstić information content (AvgIpc) is 3.09. The Morgan fingerprint density at radius 3 is 1.88 bits per heavy atom. The average molecular weight is 356 g/mol. The summed E-state index contributed by atoms with van der Waals surface area (Å²) in [4.78, 5) is 0. The molecule has 1 aromatic carbocycles. The summed E-state index contributed by atoms with van der Waals surface area (Å²) in [7, 11) is 0. The molecule has 0 radical (unpaired) electrons. The molecule has 0 saturated carbocycles. The van der Waals surface area contributed by atoms with Gasteiger partial charge in [0.1, 0.15) is 18.1 Å². The first-order valence-corrected chi connectivity index (χ1v) is 11.0. The normalized spacial score (nSPS) is 11.2. The van der Waals surface area contributed by atoms with Crippen LogP contribution < -0.4 is 4.57 Å². The molecule has 26 heavy (non-hydrogen) atoms. The molecule has 0 bridgehead atoms. The van der Waals surface area contributed by atoms with Crippen LogP contribution in [0, 0.1) is 0 Å². The molecule has 2 aromatic rings. The second-order valence-electron chi connectivity index (χ2n) is 7.49. The van der Waals surface area contributed by atoms with Crippen LogP contribution in [0.4, 0.5) is 0 Å². The van der Waals surface area contributed by atoms with Crippen LogP contribution >= 0.6 is 0 Å². The molecule has 1 aromatic heterocycles. The molecule has 0 spiro atoms. The van der Waals surface area contributed by atoms with Gasteiger partial charge in [-0.2, -0.15) is 4.57 Å². The summed E-state index contributed by atoms with van der Waals surface area (Å²) in [5.74, 6) is 1.44. The van der Waals surface area contributed by atoms with Crippen LogP contribution in [0.2, 0.25) is 0 Å². The Balaban J connectivity index is 1.66. The molecule has 2 rings (SSSR count). The number of benzene rings is 1. The van der Waals surface area contributed by atoms with Gasteiger partial charge in [0.2, 0.25) is 0 Å². The van der Waals surface area contributed by atoms with Crippen LogP contribution in [-0.4, -0.2) is 4.57 Å². The maximum atomic E-state index is 2.39. The Morgan fingerprint density at radius 1 is 0.731 bits per heavy atom. The number of hydrogen-bond acceptors (Lipinski definition) is 0. The third-order valence-corrected chi connectivity index (χ3v) is 5.38. The van der Waals surface area contributed by atoms with Crippen molar-refractivity contribution in [2.45, 2.75) is 97.4 Å². The number of imidazole rings is 1. The van der Waals surface area contributed by atoms with E-state index in [1.807, 2.05) is 0 Å². The second kappa shape index (κ2) is 12.7. The van der Waals surface area contributed by atoms with Crippen molar-refractivity contribution in [1.29, 1.82) is 0 Å². The maximum absolute atomic E-state index is 2.39. The molecule has 0 aliphatic carbocycles. The molecule has 1 heterocycles. The van der Waals surface area contributed by atoms with Crippen LogP contribution in [-0.2, 0) is 13.0 Å². The highest BCUT2D eigenvalue weighted by Crippen LogP contribution is 2.14. The van der Waals surface area contributed by atoms with Crippen LogP contribution in [0.3, 0.4) is 0 Å². The van der Waals surface area contributed by atoms with Crippen molar-refractivity contribution in [3.05, 3.63) is 48.5 Å². The Bertz CT molecular complexity index is 586. The van der Waals surface area contributed by atoms with Gasteiger partial charge in [-0.15, -0.1) is 0 Å². The van der Waals surface area contributed by atoms with Gasteiger partial charge in [-0.1, -0.05) is 89.3 Å². The van der Waals surface area contributed by atoms with Crippen molar-refractivity contribution in [2.24, 2.45) is 0 Å². The molecular formula is C24H39N2+. The minimum absolute atomic E-state index is 1.05. The van der Waals surface area contributed by atoms with E-state index in [1.54, 1.807) is 0 Å². The van der Waals surface area contributed by atoms with Crippen molar-refractivity contribution in [3.8, 4) is 5.69 Å². The summed E-state index contributed by atoms with van der Waals surface area (Å²) in [6.07, 6.45) is 21.1. The zero-order chi connectivity index (χ0) is 18.5. The van der Waals surface area contributed by atoms with Gasteiger partial charge in [0.25, 0.3) is 5.82 Å². The van der Waals surface area contributed by atoms with Crippen molar-refractivity contribution in [1.82, 2.24) is 4.57 Å². The number of nitrogens with zero attached hydrogens (tertiary/aromatic N) is 2. The van der Waals surface area contributed by atoms with E-state index in [2.05, 4.69) is 65.7 Å². The molecule has 2 nitrogen and oxygen atoms in total. The monoisotopic (exact) mass is 355 g/mol. The highest BCUT2D eigenvalue weighted by atomic mass is 15.1. The Kier molecular flexibility index (Phi) is 10.2. The number of aryl methyl sites for hydroxylation is 1. The lowest BCUT2D eigenvalue weighted by atomic mass is 10.1. The van der Waals surface area contributed by atoms with Gasteiger partial charge in [0, 0.05) is 6.42 Å². The summed E-state index contributed by atoms with van der Waals surface area (Å²) in [5.41, 5.74) is 1.28. The summed E-state index contributed by atoms with van der Waals surface area (Å²) in [6, 6.07) is 10.7. The Hall–Kier alpha value is -1.57. The molecule has 0 amide bonds. The third kappa shape index (κ3) is 6.97. The fourth-order valence-electron chi connectivity index (χ4n) is 3.78. The number of para-hydroxylation sites is 1. The van der Waals surface area contributed by atoms with E-state index < -0.39 is 0 Å². The predicted octanol–water partition coefficient (Wildman–Crippen LogP) is 6.64. The Morgan fingerprint density at radius 2 is 1.31 bits per heavy atom. The van der Waals surface area contributed by atoms with Gasteiger partial charge in [0.05, 0.1) is 6.54 Å². The lowest BCUT2D eigenvalue weighted by Crippen LogP contribution is -2.35. The predicted molar refractivity (Wildman–Crippen MR) is 112 cm³/mol. The topological polar surface area (TPSA) is 8.81 Å². The standard InChI is InChI=1S/C24H39N2/c1-3-5-6-7-8-9-10-11-12-13-17-20-24-25(4-2)21-22-26(24)23-18-15-14-16-19-23/h14-16,18-19,21-22H,3-13,17,20H2,1-2H3/q+1. The quantitative estimate of drug-likeness (QED) is 0.265. The molecule has 0 N–H and O–H groups in total. The fourth-order valence-corrected chi connectivity index (χ4v) is 3.78. The van der Waals surface area contributed by atoms with Crippen LogP contribution in [0.1, 0.15) is 90.3 Å². The van der Waals surface area contributed by atoms with Gasteiger partial charge in [-0.25, -0.2) is 4.57 Å². The first kappa shape index (κ1) is 20.7. The van der Waals surface area contributed by atoms with E-state index in [4.69, 9.17) is 0 Å². The van der Waals surface area contributed by atoms with Gasteiger partial charge in [0.15, 0.2) is 0 Å². The van der Waals surface area contributed by atoms with Crippen molar-refractivity contribution in [2.75, 3.05) is 0 Å². The minimum Gasteiger partial charge on any atom is -0.234 e. The van der Waals surface area contributed by atoms with Gasteiger partial charge in [-0.05, 0) is 25.5 Å². The lowest BCUT2D eigenvalue weighted by Gasteiger charge is -2.05. The van der Waals surface area contributed by atoms with E-state index >= 15 is 0 Å². The summed E-state index contributed by atoms with van der Waals surface area (Å²) < 4.78 is 4.75. The summed E-state index contributed by atoms with van der Waals surface area (Å²) in [5, 5.41) is 0. The van der Waals surface area contributed by atoms with Gasteiger partial charge in [-0.3, -0.25) is 0 Å². The maximum Gasteiger partial charge on any atom is 0.261 e. The smallest absolute Gasteiger partial charge is 0.234 e. The molecular weight excluding hydrogens is 316 g/mol. The number of aromatic nitrogens is 2. The summed E-state index contributed by atoms with van der Waals surface area (Å²) in [6.45, 7) is 5.57. The minimum atomic E-state index is 1.05. The molecule has 0 aliphatic heterocycles. The SMILES string of the molecule is CCCCCCCCCCCCCc1n(-c2ccccc2)cc[n+]1CC. The molecule has 0 saturated heterocycles. The van der Waals surface area contributed by atoms with Gasteiger partial charge >= 0.3 is 0 Å². The molecule has 2 heteroatoms. The second-order valence-corrected chi connectivity index (χ2v) is 7.49. The zero-order valence-corrected chi connectivity index (χ0v) is 17.1. The molecule has 0 aliphatic rings. The number of rotatable bonds is 14.